The maximum atomic E-state index is 10.7. The van der Waals surface area contributed by atoms with E-state index in [9.17, 15) is 4.79 Å². The number of hydrogen-bond donors (Lipinski definition) is 1. The highest BCUT2D eigenvalue weighted by Crippen LogP contribution is 2.12. The van der Waals surface area contributed by atoms with Crippen LogP contribution in [0.2, 0.25) is 0 Å². The summed E-state index contributed by atoms with van der Waals surface area (Å²) in [5.74, 6) is 1.67. The second kappa shape index (κ2) is 5.05. The van der Waals surface area contributed by atoms with Crippen molar-refractivity contribution in [2.75, 3.05) is 5.75 Å². The van der Waals surface area contributed by atoms with Gasteiger partial charge in [0.15, 0.2) is 5.69 Å². The maximum absolute atomic E-state index is 10.7. The number of carboxylic acid groups (broad SMARTS) is 1. The second-order valence-electron chi connectivity index (χ2n) is 2.77. The Labute approximate surface area is 87.3 Å². The molecule has 0 radical (unpaired) electrons. The SMILES string of the molecule is CCSCc1nc(C(=O)O)cn1CC. The zero-order valence-electron chi connectivity index (χ0n) is 8.36. The highest BCUT2D eigenvalue weighted by atomic mass is 32.2. The molecule has 1 N–H and O–H groups in total. The summed E-state index contributed by atoms with van der Waals surface area (Å²) in [6.45, 7) is 4.81. The van der Waals surface area contributed by atoms with Gasteiger partial charge in [0.2, 0.25) is 0 Å². The summed E-state index contributed by atoms with van der Waals surface area (Å²) in [6, 6.07) is 0. The first kappa shape index (κ1) is 11.1. The van der Waals surface area contributed by atoms with Crippen molar-refractivity contribution in [3.8, 4) is 0 Å². The summed E-state index contributed by atoms with van der Waals surface area (Å²) < 4.78 is 1.88. The van der Waals surface area contributed by atoms with Gasteiger partial charge in [0.1, 0.15) is 5.82 Å². The number of thioether (sulfide) groups is 1. The van der Waals surface area contributed by atoms with E-state index in [1.807, 2.05) is 11.5 Å². The van der Waals surface area contributed by atoms with Crippen molar-refractivity contribution >= 4 is 17.7 Å². The summed E-state index contributed by atoms with van der Waals surface area (Å²) in [5.41, 5.74) is 0.138. The van der Waals surface area contributed by atoms with Gasteiger partial charge in [-0.25, -0.2) is 9.78 Å². The van der Waals surface area contributed by atoms with Gasteiger partial charge in [0.05, 0.1) is 5.75 Å². The van der Waals surface area contributed by atoms with Crippen LogP contribution in [0.1, 0.15) is 30.2 Å². The minimum Gasteiger partial charge on any atom is -0.476 e. The van der Waals surface area contributed by atoms with Crippen LogP contribution in [0.25, 0.3) is 0 Å². The largest absolute Gasteiger partial charge is 0.476 e. The number of imidazole rings is 1. The Kier molecular flexibility index (Phi) is 4.00. The van der Waals surface area contributed by atoms with Crippen LogP contribution in [0.4, 0.5) is 0 Å². The van der Waals surface area contributed by atoms with E-state index in [-0.39, 0.29) is 5.69 Å². The van der Waals surface area contributed by atoms with Crippen molar-refractivity contribution in [3.63, 3.8) is 0 Å². The van der Waals surface area contributed by atoms with Gasteiger partial charge in [0.25, 0.3) is 0 Å². The molecule has 78 valence electrons. The molecule has 0 fully saturated rings. The molecule has 0 saturated heterocycles. The topological polar surface area (TPSA) is 55.1 Å². The average molecular weight is 214 g/mol. The standard InChI is InChI=1S/C9H14N2O2S/c1-3-11-5-7(9(12)13)10-8(11)6-14-4-2/h5H,3-4,6H2,1-2H3,(H,12,13). The van der Waals surface area contributed by atoms with Crippen molar-refractivity contribution in [1.82, 2.24) is 9.55 Å². The predicted molar refractivity (Wildman–Crippen MR) is 56.7 cm³/mol. The zero-order valence-corrected chi connectivity index (χ0v) is 9.17. The molecule has 0 aromatic carbocycles. The first-order valence-corrected chi connectivity index (χ1v) is 5.71. The van der Waals surface area contributed by atoms with Gasteiger partial charge in [-0.3, -0.25) is 0 Å². The van der Waals surface area contributed by atoms with Crippen LogP contribution in [-0.2, 0) is 12.3 Å². The molecule has 1 aromatic heterocycles. The molecule has 4 nitrogen and oxygen atoms in total. The van der Waals surface area contributed by atoms with Crippen LogP contribution >= 0.6 is 11.8 Å². The first-order valence-electron chi connectivity index (χ1n) is 4.56. The summed E-state index contributed by atoms with van der Waals surface area (Å²) in [7, 11) is 0. The summed E-state index contributed by atoms with van der Waals surface area (Å²) in [5, 5.41) is 8.76. The predicted octanol–water partition coefficient (Wildman–Crippen LogP) is 1.85. The van der Waals surface area contributed by atoms with E-state index < -0.39 is 5.97 Å². The van der Waals surface area contributed by atoms with E-state index in [0.717, 1.165) is 23.9 Å². The van der Waals surface area contributed by atoms with E-state index in [1.165, 1.54) is 0 Å². The molecular formula is C9H14N2O2S. The molecule has 0 atom stereocenters. The molecule has 0 bridgehead atoms. The molecule has 14 heavy (non-hydrogen) atoms. The van der Waals surface area contributed by atoms with Crippen molar-refractivity contribution in [2.45, 2.75) is 26.1 Å². The molecule has 0 aliphatic heterocycles. The molecule has 1 rings (SSSR count). The molecule has 0 aliphatic carbocycles. The van der Waals surface area contributed by atoms with E-state index >= 15 is 0 Å². The van der Waals surface area contributed by atoms with E-state index in [2.05, 4.69) is 11.9 Å². The van der Waals surface area contributed by atoms with Crippen LogP contribution in [0.3, 0.4) is 0 Å². The Morgan fingerprint density at radius 2 is 2.36 bits per heavy atom. The molecule has 1 aromatic rings. The number of nitrogens with zero attached hydrogens (tertiary/aromatic N) is 2. The molecule has 0 amide bonds. The van der Waals surface area contributed by atoms with Crippen LogP contribution < -0.4 is 0 Å². The van der Waals surface area contributed by atoms with Gasteiger partial charge in [-0.1, -0.05) is 6.92 Å². The van der Waals surface area contributed by atoms with Crippen LogP contribution in [0, 0.1) is 0 Å². The highest BCUT2D eigenvalue weighted by Gasteiger charge is 2.11. The molecule has 0 saturated carbocycles. The Balaban J connectivity index is 2.85. The lowest BCUT2D eigenvalue weighted by atomic mass is 10.5. The Hall–Kier alpha value is -0.970. The molecule has 0 unspecified atom stereocenters. The number of hydrogen-bond acceptors (Lipinski definition) is 3. The number of carbonyl (C=O) groups is 1. The van der Waals surface area contributed by atoms with Gasteiger partial charge in [-0.2, -0.15) is 11.8 Å². The zero-order chi connectivity index (χ0) is 10.6. The van der Waals surface area contributed by atoms with E-state index in [1.54, 1.807) is 18.0 Å². The Morgan fingerprint density at radius 3 is 2.86 bits per heavy atom. The van der Waals surface area contributed by atoms with Gasteiger partial charge in [-0.05, 0) is 12.7 Å². The molecular weight excluding hydrogens is 200 g/mol. The van der Waals surface area contributed by atoms with Gasteiger partial charge in [-0.15, -0.1) is 0 Å². The summed E-state index contributed by atoms with van der Waals surface area (Å²) >= 11 is 1.74. The molecule has 1 heterocycles. The Morgan fingerprint density at radius 1 is 1.64 bits per heavy atom. The van der Waals surface area contributed by atoms with Gasteiger partial charge < -0.3 is 9.67 Å². The van der Waals surface area contributed by atoms with Crippen LogP contribution in [-0.4, -0.2) is 26.4 Å². The van der Waals surface area contributed by atoms with Crippen molar-refractivity contribution in [3.05, 3.63) is 17.7 Å². The van der Waals surface area contributed by atoms with Gasteiger partial charge >= 0.3 is 5.97 Å². The number of carboxylic acids is 1. The first-order chi connectivity index (χ1) is 6.69. The molecule has 5 heteroatoms. The number of aromatic carboxylic acids is 1. The van der Waals surface area contributed by atoms with Gasteiger partial charge in [0, 0.05) is 12.7 Å². The normalized spacial score (nSPS) is 10.4. The fourth-order valence-electron chi connectivity index (χ4n) is 1.14. The summed E-state index contributed by atoms with van der Waals surface area (Å²) in [4.78, 5) is 14.7. The molecule has 0 spiro atoms. The lowest BCUT2D eigenvalue weighted by Gasteiger charge is -2.01. The lowest BCUT2D eigenvalue weighted by molar-refractivity contribution is 0.0691. The third-order valence-corrected chi connectivity index (χ3v) is 2.72. The van der Waals surface area contributed by atoms with Crippen molar-refractivity contribution in [2.24, 2.45) is 0 Å². The fourth-order valence-corrected chi connectivity index (χ4v) is 1.76. The van der Waals surface area contributed by atoms with Crippen molar-refractivity contribution < 1.29 is 9.90 Å². The second-order valence-corrected chi connectivity index (χ2v) is 4.04. The minimum absolute atomic E-state index is 0.138. The molecule has 0 aliphatic rings. The van der Waals surface area contributed by atoms with E-state index in [0.29, 0.717) is 0 Å². The quantitative estimate of drug-likeness (QED) is 0.812. The third-order valence-electron chi connectivity index (χ3n) is 1.85. The van der Waals surface area contributed by atoms with Crippen LogP contribution in [0.15, 0.2) is 6.20 Å². The van der Waals surface area contributed by atoms with Crippen molar-refractivity contribution in [1.29, 1.82) is 0 Å². The minimum atomic E-state index is -0.958. The number of aromatic nitrogens is 2. The van der Waals surface area contributed by atoms with E-state index in [4.69, 9.17) is 5.11 Å². The monoisotopic (exact) mass is 214 g/mol. The highest BCUT2D eigenvalue weighted by molar-refractivity contribution is 7.98. The average Bonchev–Trinajstić information content (AvgIpc) is 2.57. The maximum Gasteiger partial charge on any atom is 0.356 e. The Bertz CT molecular complexity index is 323. The number of aryl methyl sites for hydroxylation is 1. The summed E-state index contributed by atoms with van der Waals surface area (Å²) in [6.07, 6.45) is 1.59. The third kappa shape index (κ3) is 2.51. The lowest BCUT2D eigenvalue weighted by Crippen LogP contribution is -1.98. The number of rotatable bonds is 5. The fraction of sp³-hybridized carbons (Fsp3) is 0.556. The smallest absolute Gasteiger partial charge is 0.356 e. The van der Waals surface area contributed by atoms with Crippen LogP contribution in [0.5, 0.6) is 0 Å².